The second-order valence-corrected chi connectivity index (χ2v) is 1.81. The van der Waals surface area contributed by atoms with Crippen LogP contribution in [0.15, 0.2) is 0 Å². The van der Waals surface area contributed by atoms with Crippen LogP contribution in [-0.4, -0.2) is 13.1 Å². The van der Waals surface area contributed by atoms with E-state index in [4.69, 9.17) is 0 Å². The Morgan fingerprint density at radius 2 is 1.22 bits per heavy atom. The van der Waals surface area contributed by atoms with Crippen molar-refractivity contribution in [2.45, 2.75) is 19.3 Å². The molecule has 1 rings (SSSR count). The van der Waals surface area contributed by atoms with Crippen LogP contribution >= 0.6 is 0 Å². The Labute approximate surface area is 81.9 Å². The first-order valence-electron chi connectivity index (χ1n) is 2.71. The molecule has 0 aromatic rings. The zero-order valence-electron chi connectivity index (χ0n) is 5.50. The fraction of sp³-hybridized carbons (Fsp3) is 1.00. The van der Waals surface area contributed by atoms with E-state index in [-0.39, 0.29) is 44.3 Å². The number of hydrogen-bond acceptors (Lipinski definition) is 1. The molecule has 1 nitrogen and oxygen atoms in total. The molecule has 0 bridgehead atoms. The Morgan fingerprint density at radius 1 is 0.778 bits per heavy atom. The summed E-state index contributed by atoms with van der Waals surface area (Å²) in [6.45, 7) is 2.50. The van der Waals surface area contributed by atoms with Crippen LogP contribution in [0, 0.1) is 0 Å². The van der Waals surface area contributed by atoms with Gasteiger partial charge in [0.15, 0.2) is 0 Å². The Balaban J connectivity index is -0.000000120. The summed E-state index contributed by atoms with van der Waals surface area (Å²) in [6, 6.07) is 0. The fourth-order valence-corrected chi connectivity index (χ4v) is 0.802. The van der Waals surface area contributed by atoms with Crippen LogP contribution in [0.5, 0.6) is 0 Å². The van der Waals surface area contributed by atoms with Gasteiger partial charge in [0.2, 0.25) is 0 Å². The van der Waals surface area contributed by atoms with Gasteiger partial charge in [0, 0.05) is 0 Å². The zero-order valence-corrected chi connectivity index (χ0v) is 9.98. The molecular formula is C5H11Cl2NZn. The summed E-state index contributed by atoms with van der Waals surface area (Å²) in [5.74, 6) is 0. The van der Waals surface area contributed by atoms with Crippen LogP contribution in [0.4, 0.5) is 0 Å². The molecule has 0 saturated carbocycles. The van der Waals surface area contributed by atoms with E-state index in [0.29, 0.717) is 0 Å². The topological polar surface area (TPSA) is 12.0 Å². The Hall–Kier alpha value is 1.16. The summed E-state index contributed by atoms with van der Waals surface area (Å²) in [5, 5.41) is 3.28. The summed E-state index contributed by atoms with van der Waals surface area (Å²) in [5.41, 5.74) is 0. The van der Waals surface area contributed by atoms with E-state index in [1.807, 2.05) is 0 Å². The maximum absolute atomic E-state index is 3.28. The van der Waals surface area contributed by atoms with E-state index in [0.717, 1.165) is 0 Å². The van der Waals surface area contributed by atoms with E-state index >= 15 is 0 Å². The van der Waals surface area contributed by atoms with Crippen molar-refractivity contribution < 1.29 is 44.3 Å². The standard InChI is InChI=1S/C5H11N.2ClH.Zn/c1-2-4-6-5-3-1;;;/h6H,1-5H2;2*1H;/q;;;+2/p-2. The Bertz CT molecular complexity index is 30.4. The zero-order chi connectivity index (χ0) is 4.24. The summed E-state index contributed by atoms with van der Waals surface area (Å²) in [6.07, 6.45) is 4.22. The van der Waals surface area contributed by atoms with E-state index in [1.165, 1.54) is 32.4 Å². The molecule has 1 fully saturated rings. The third-order valence-electron chi connectivity index (χ3n) is 1.21. The first-order valence-corrected chi connectivity index (χ1v) is 2.71. The van der Waals surface area contributed by atoms with Gasteiger partial charge >= 0.3 is 19.5 Å². The molecular weight excluding hydrogens is 210 g/mol. The molecule has 1 aliphatic rings. The van der Waals surface area contributed by atoms with Crippen molar-refractivity contribution in [3.8, 4) is 0 Å². The van der Waals surface area contributed by atoms with Gasteiger partial charge in [-0.3, -0.25) is 0 Å². The Kier molecular flexibility index (Phi) is 22.0. The van der Waals surface area contributed by atoms with E-state index in [1.54, 1.807) is 0 Å². The summed E-state index contributed by atoms with van der Waals surface area (Å²) >= 11 is 0. The number of hydrogen-bond donors (Lipinski definition) is 1. The van der Waals surface area contributed by atoms with Crippen LogP contribution in [-0.2, 0) is 19.5 Å². The van der Waals surface area contributed by atoms with Crippen LogP contribution in [0.3, 0.4) is 0 Å². The second kappa shape index (κ2) is 11.9. The van der Waals surface area contributed by atoms with Gasteiger partial charge in [-0.2, -0.15) is 0 Å². The SMILES string of the molecule is C1CCNCC1.[Cl-].[Cl-].[Zn+2]. The van der Waals surface area contributed by atoms with Crippen LogP contribution in [0.2, 0.25) is 0 Å². The van der Waals surface area contributed by atoms with Gasteiger partial charge < -0.3 is 30.1 Å². The maximum Gasteiger partial charge on any atom is 2.00 e. The van der Waals surface area contributed by atoms with Gasteiger partial charge in [-0.05, 0) is 25.9 Å². The second-order valence-electron chi connectivity index (χ2n) is 1.81. The van der Waals surface area contributed by atoms with E-state index in [2.05, 4.69) is 5.32 Å². The third kappa shape index (κ3) is 9.16. The number of piperidine rings is 1. The minimum absolute atomic E-state index is 0. The van der Waals surface area contributed by atoms with Crippen LogP contribution in [0.1, 0.15) is 19.3 Å². The molecule has 1 saturated heterocycles. The van der Waals surface area contributed by atoms with Gasteiger partial charge in [0.1, 0.15) is 0 Å². The Morgan fingerprint density at radius 3 is 1.33 bits per heavy atom. The van der Waals surface area contributed by atoms with E-state index in [9.17, 15) is 0 Å². The third-order valence-corrected chi connectivity index (χ3v) is 1.21. The molecule has 1 heterocycles. The number of rotatable bonds is 0. The van der Waals surface area contributed by atoms with Gasteiger partial charge in [-0.15, -0.1) is 0 Å². The molecule has 0 amide bonds. The van der Waals surface area contributed by atoms with Crippen molar-refractivity contribution in [2.75, 3.05) is 13.1 Å². The normalized spacial score (nSPS) is 16.0. The molecule has 0 aromatic carbocycles. The number of halogens is 2. The first kappa shape index (κ1) is 16.6. The predicted octanol–water partition coefficient (Wildman–Crippen LogP) is -5.23. The molecule has 9 heavy (non-hydrogen) atoms. The van der Waals surface area contributed by atoms with Crippen molar-refractivity contribution in [2.24, 2.45) is 0 Å². The minimum Gasteiger partial charge on any atom is -1.00 e. The summed E-state index contributed by atoms with van der Waals surface area (Å²) in [7, 11) is 0. The quantitative estimate of drug-likeness (QED) is 0.403. The molecule has 0 unspecified atom stereocenters. The van der Waals surface area contributed by atoms with Crippen LogP contribution in [0.25, 0.3) is 0 Å². The molecule has 52 valence electrons. The fourth-order valence-electron chi connectivity index (χ4n) is 0.802. The molecule has 0 aliphatic carbocycles. The largest absolute Gasteiger partial charge is 2.00 e. The monoisotopic (exact) mass is 219 g/mol. The molecule has 0 atom stereocenters. The minimum atomic E-state index is 0. The van der Waals surface area contributed by atoms with E-state index < -0.39 is 0 Å². The summed E-state index contributed by atoms with van der Waals surface area (Å²) < 4.78 is 0. The molecule has 0 aromatic heterocycles. The van der Waals surface area contributed by atoms with Crippen LogP contribution < -0.4 is 30.1 Å². The predicted molar refractivity (Wildman–Crippen MR) is 26.7 cm³/mol. The van der Waals surface area contributed by atoms with Crippen molar-refractivity contribution in [1.82, 2.24) is 5.32 Å². The maximum atomic E-state index is 3.28. The van der Waals surface area contributed by atoms with Crippen molar-refractivity contribution in [3.05, 3.63) is 0 Å². The molecule has 1 aliphatic heterocycles. The molecule has 0 spiro atoms. The smallest absolute Gasteiger partial charge is 1.00 e. The van der Waals surface area contributed by atoms with Crippen molar-refractivity contribution >= 4 is 0 Å². The average Bonchev–Trinajstić information content (AvgIpc) is 1.72. The van der Waals surface area contributed by atoms with Crippen molar-refractivity contribution in [1.29, 1.82) is 0 Å². The average molecular weight is 221 g/mol. The molecule has 1 N–H and O–H groups in total. The molecule has 4 heteroatoms. The summed E-state index contributed by atoms with van der Waals surface area (Å²) in [4.78, 5) is 0. The van der Waals surface area contributed by atoms with Gasteiger partial charge in [-0.25, -0.2) is 0 Å². The molecule has 0 radical (unpaired) electrons. The first-order chi connectivity index (χ1) is 3.00. The van der Waals surface area contributed by atoms with Gasteiger partial charge in [0.25, 0.3) is 0 Å². The van der Waals surface area contributed by atoms with Crippen molar-refractivity contribution in [3.63, 3.8) is 0 Å². The number of nitrogens with one attached hydrogen (secondary N) is 1. The van der Waals surface area contributed by atoms with Gasteiger partial charge in [0.05, 0.1) is 0 Å². The van der Waals surface area contributed by atoms with Gasteiger partial charge in [-0.1, -0.05) is 6.42 Å².